The summed E-state index contributed by atoms with van der Waals surface area (Å²) in [7, 11) is -1.29. The Hall–Kier alpha value is -3.59. The molecule has 0 unspecified atom stereocenters. The van der Waals surface area contributed by atoms with E-state index < -0.39 is 28.5 Å². The van der Waals surface area contributed by atoms with Crippen molar-refractivity contribution in [3.8, 4) is 11.5 Å². The second-order valence-electron chi connectivity index (χ2n) is 7.70. The topological polar surface area (TPSA) is 84.9 Å². The molecule has 0 aliphatic carbocycles. The number of methoxy groups -OCH3 is 2. The van der Waals surface area contributed by atoms with Crippen LogP contribution in [0.25, 0.3) is 0 Å². The van der Waals surface area contributed by atoms with Gasteiger partial charge in [0.25, 0.3) is 10.0 Å². The van der Waals surface area contributed by atoms with Gasteiger partial charge < -0.3 is 14.8 Å². The summed E-state index contributed by atoms with van der Waals surface area (Å²) in [5.74, 6) is -0.193. The first kappa shape index (κ1) is 25.0. The fraction of sp³-hybridized carbons (Fsp3) is 0.240. The summed E-state index contributed by atoms with van der Waals surface area (Å²) in [5.41, 5.74) is 1.70. The van der Waals surface area contributed by atoms with Gasteiger partial charge in [-0.25, -0.2) is 12.8 Å². The lowest BCUT2D eigenvalue weighted by Gasteiger charge is -2.26. The molecule has 0 heterocycles. The van der Waals surface area contributed by atoms with Crippen LogP contribution in [0.1, 0.15) is 24.1 Å². The molecule has 3 aromatic rings. The molecule has 3 aromatic carbocycles. The number of carbonyl (C=O) groups is 1. The summed E-state index contributed by atoms with van der Waals surface area (Å²) in [5, 5.41) is 2.78. The number of hydrogen-bond acceptors (Lipinski definition) is 5. The van der Waals surface area contributed by atoms with Crippen molar-refractivity contribution in [2.75, 3.05) is 25.1 Å². The molecule has 0 aliphatic heterocycles. The zero-order chi connectivity index (χ0) is 24.9. The molecule has 0 saturated carbocycles. The van der Waals surface area contributed by atoms with Crippen molar-refractivity contribution >= 4 is 21.6 Å². The predicted octanol–water partition coefficient (Wildman–Crippen LogP) is 4.22. The number of halogens is 1. The largest absolute Gasteiger partial charge is 0.497 e. The van der Waals surface area contributed by atoms with Gasteiger partial charge in [-0.15, -0.1) is 0 Å². The van der Waals surface area contributed by atoms with Crippen LogP contribution in [0.4, 0.5) is 10.1 Å². The van der Waals surface area contributed by atoms with Crippen LogP contribution in [0.15, 0.2) is 71.6 Å². The predicted molar refractivity (Wildman–Crippen MR) is 128 cm³/mol. The molecule has 34 heavy (non-hydrogen) atoms. The number of nitrogens with zero attached hydrogens (tertiary/aromatic N) is 1. The first-order valence-corrected chi connectivity index (χ1v) is 12.0. The smallest absolute Gasteiger partial charge is 0.268 e. The van der Waals surface area contributed by atoms with Crippen LogP contribution < -0.4 is 19.1 Å². The third-order valence-electron chi connectivity index (χ3n) is 5.28. The number of benzene rings is 3. The molecule has 1 atom stereocenters. The maximum Gasteiger partial charge on any atom is 0.268 e. The van der Waals surface area contributed by atoms with Gasteiger partial charge in [-0.05, 0) is 73.5 Å². The van der Waals surface area contributed by atoms with Crippen LogP contribution in [0, 0.1) is 12.7 Å². The van der Waals surface area contributed by atoms with Crippen LogP contribution in [-0.2, 0) is 14.8 Å². The average molecular weight is 487 g/mol. The molecule has 180 valence electrons. The second kappa shape index (κ2) is 10.6. The lowest BCUT2D eigenvalue weighted by molar-refractivity contribution is -0.120. The van der Waals surface area contributed by atoms with Crippen molar-refractivity contribution < 1.29 is 27.1 Å². The number of nitrogens with one attached hydrogen (secondary N) is 1. The lowest BCUT2D eigenvalue weighted by atomic mass is 10.1. The number of anilines is 1. The van der Waals surface area contributed by atoms with E-state index in [1.54, 1.807) is 62.4 Å². The molecule has 0 aliphatic rings. The van der Waals surface area contributed by atoms with Gasteiger partial charge in [0.2, 0.25) is 5.91 Å². The van der Waals surface area contributed by atoms with E-state index in [2.05, 4.69) is 5.32 Å². The number of sulfonamides is 1. The first-order chi connectivity index (χ1) is 16.1. The van der Waals surface area contributed by atoms with E-state index in [9.17, 15) is 17.6 Å². The maximum absolute atomic E-state index is 13.7. The van der Waals surface area contributed by atoms with E-state index in [0.717, 1.165) is 9.87 Å². The van der Waals surface area contributed by atoms with E-state index in [1.807, 2.05) is 0 Å². The Kier molecular flexibility index (Phi) is 7.78. The summed E-state index contributed by atoms with van der Waals surface area (Å²) in [6, 6.07) is 16.5. The quantitative estimate of drug-likeness (QED) is 0.490. The Balaban J connectivity index is 1.96. The normalized spacial score (nSPS) is 12.0. The number of ether oxygens (including phenoxy) is 2. The minimum absolute atomic E-state index is 0.0507. The fourth-order valence-corrected chi connectivity index (χ4v) is 5.08. The maximum atomic E-state index is 13.7. The molecule has 0 fully saturated rings. The van der Waals surface area contributed by atoms with Gasteiger partial charge >= 0.3 is 0 Å². The van der Waals surface area contributed by atoms with E-state index in [-0.39, 0.29) is 22.1 Å². The Morgan fingerprint density at radius 1 is 1.00 bits per heavy atom. The number of aryl methyl sites for hydroxylation is 1. The molecule has 1 amide bonds. The summed E-state index contributed by atoms with van der Waals surface area (Å²) in [6.45, 7) is 3.03. The SMILES string of the molecule is COc1ccc(N(CC(=O)N[C@H](C)c2ccc(F)cc2)S(=O)(=O)c2cc(C)ccc2OC)cc1. The number of rotatable bonds is 9. The molecule has 3 rings (SSSR count). The van der Waals surface area contributed by atoms with Gasteiger partial charge in [0, 0.05) is 0 Å². The van der Waals surface area contributed by atoms with E-state index >= 15 is 0 Å². The highest BCUT2D eigenvalue weighted by Crippen LogP contribution is 2.31. The highest BCUT2D eigenvalue weighted by Gasteiger charge is 2.30. The third-order valence-corrected chi connectivity index (χ3v) is 7.08. The summed E-state index contributed by atoms with van der Waals surface area (Å²) >= 11 is 0. The van der Waals surface area contributed by atoms with Crippen molar-refractivity contribution in [2.24, 2.45) is 0 Å². The summed E-state index contributed by atoms with van der Waals surface area (Å²) in [6.07, 6.45) is 0. The van der Waals surface area contributed by atoms with Gasteiger partial charge in [-0.1, -0.05) is 18.2 Å². The van der Waals surface area contributed by atoms with Crippen LogP contribution in [0.2, 0.25) is 0 Å². The van der Waals surface area contributed by atoms with Gasteiger partial charge in [0.05, 0.1) is 25.9 Å². The van der Waals surface area contributed by atoms with Crippen LogP contribution in [0.5, 0.6) is 11.5 Å². The van der Waals surface area contributed by atoms with Crippen LogP contribution in [0.3, 0.4) is 0 Å². The highest BCUT2D eigenvalue weighted by molar-refractivity contribution is 7.93. The second-order valence-corrected chi connectivity index (χ2v) is 9.54. The number of hydrogen-bond donors (Lipinski definition) is 1. The molecule has 7 nitrogen and oxygen atoms in total. The Morgan fingerprint density at radius 3 is 2.24 bits per heavy atom. The molecule has 0 bridgehead atoms. The first-order valence-electron chi connectivity index (χ1n) is 10.5. The number of amides is 1. The Labute approximate surface area is 199 Å². The fourth-order valence-electron chi connectivity index (χ4n) is 3.42. The molecule has 0 aromatic heterocycles. The van der Waals surface area contributed by atoms with Crippen molar-refractivity contribution in [1.82, 2.24) is 5.32 Å². The third kappa shape index (κ3) is 5.66. The summed E-state index contributed by atoms with van der Waals surface area (Å²) < 4.78 is 52.2. The number of carbonyl (C=O) groups excluding carboxylic acids is 1. The average Bonchev–Trinajstić information content (AvgIpc) is 2.83. The van der Waals surface area contributed by atoms with Crippen LogP contribution >= 0.6 is 0 Å². The minimum Gasteiger partial charge on any atom is -0.497 e. The standard InChI is InChI=1S/C25H27FN2O5S/c1-17-5-14-23(33-4)24(15-17)34(30,31)28(21-10-12-22(32-3)13-11-21)16-25(29)27-18(2)19-6-8-20(26)9-7-19/h5-15,18H,16H2,1-4H3,(H,27,29)/t18-/m1/s1. The van der Waals surface area contributed by atoms with Crippen molar-refractivity contribution in [3.05, 3.63) is 83.7 Å². The lowest BCUT2D eigenvalue weighted by Crippen LogP contribution is -2.41. The molecule has 0 radical (unpaired) electrons. The van der Waals surface area contributed by atoms with E-state index in [0.29, 0.717) is 11.3 Å². The molecular weight excluding hydrogens is 459 g/mol. The van der Waals surface area contributed by atoms with Crippen molar-refractivity contribution in [1.29, 1.82) is 0 Å². The molecule has 0 saturated heterocycles. The van der Waals surface area contributed by atoms with Crippen LogP contribution in [-0.4, -0.2) is 35.1 Å². The van der Waals surface area contributed by atoms with Gasteiger partial charge in [0.15, 0.2) is 0 Å². The van der Waals surface area contributed by atoms with Gasteiger partial charge in [-0.3, -0.25) is 9.10 Å². The highest BCUT2D eigenvalue weighted by atomic mass is 32.2. The van der Waals surface area contributed by atoms with Crippen molar-refractivity contribution in [3.63, 3.8) is 0 Å². The Morgan fingerprint density at radius 2 is 1.65 bits per heavy atom. The summed E-state index contributed by atoms with van der Waals surface area (Å²) in [4.78, 5) is 12.9. The van der Waals surface area contributed by atoms with E-state index in [1.165, 1.54) is 32.4 Å². The van der Waals surface area contributed by atoms with Gasteiger partial charge in [0.1, 0.15) is 28.8 Å². The Bertz CT molecular complexity index is 1250. The minimum atomic E-state index is -4.18. The van der Waals surface area contributed by atoms with E-state index in [4.69, 9.17) is 9.47 Å². The van der Waals surface area contributed by atoms with Gasteiger partial charge in [-0.2, -0.15) is 0 Å². The zero-order valence-corrected chi connectivity index (χ0v) is 20.2. The monoisotopic (exact) mass is 486 g/mol. The van der Waals surface area contributed by atoms with Crippen molar-refractivity contribution in [2.45, 2.75) is 24.8 Å². The molecule has 1 N–H and O–H groups in total. The zero-order valence-electron chi connectivity index (χ0n) is 19.4. The molecule has 9 heteroatoms. The molecular formula is C25H27FN2O5S. The molecule has 0 spiro atoms.